The first kappa shape index (κ1) is 17.7. The molecule has 0 spiro atoms. The van der Waals surface area contributed by atoms with E-state index in [4.69, 9.17) is 9.52 Å². The molecule has 1 saturated heterocycles. The molecule has 2 aromatic rings. The van der Waals surface area contributed by atoms with E-state index in [1.165, 1.54) is 6.07 Å². The van der Waals surface area contributed by atoms with Crippen LogP contribution in [-0.4, -0.2) is 34.3 Å². The van der Waals surface area contributed by atoms with E-state index >= 15 is 0 Å². The van der Waals surface area contributed by atoms with Gasteiger partial charge in [-0.15, -0.1) is 0 Å². The predicted molar refractivity (Wildman–Crippen MR) is 92.7 cm³/mol. The first-order valence-corrected chi connectivity index (χ1v) is 8.41. The summed E-state index contributed by atoms with van der Waals surface area (Å²) in [5.74, 6) is -0.475. The highest BCUT2D eigenvalue weighted by atomic mass is 16.4. The third-order valence-corrected chi connectivity index (χ3v) is 4.38. The molecule has 7 heteroatoms. The van der Waals surface area contributed by atoms with Gasteiger partial charge in [0.05, 0.1) is 6.54 Å². The van der Waals surface area contributed by atoms with Crippen molar-refractivity contribution in [3.8, 4) is 0 Å². The largest absolute Gasteiger partial charge is 0.478 e. The summed E-state index contributed by atoms with van der Waals surface area (Å²) in [5.41, 5.74) is 1.56. The Morgan fingerprint density at radius 3 is 2.58 bits per heavy atom. The summed E-state index contributed by atoms with van der Waals surface area (Å²) >= 11 is 0. The van der Waals surface area contributed by atoms with Crippen molar-refractivity contribution < 1.29 is 23.9 Å². The van der Waals surface area contributed by atoms with Gasteiger partial charge in [0.15, 0.2) is 0 Å². The number of carbonyl (C=O) groups excluding carboxylic acids is 2. The molecule has 7 nitrogen and oxygen atoms in total. The number of rotatable bonds is 6. The molecule has 1 aromatic carbocycles. The molecule has 1 aliphatic heterocycles. The Morgan fingerprint density at radius 2 is 2.00 bits per heavy atom. The number of aryl methyl sites for hydroxylation is 1. The quantitative estimate of drug-likeness (QED) is 0.827. The van der Waals surface area contributed by atoms with Crippen LogP contribution >= 0.6 is 0 Å². The van der Waals surface area contributed by atoms with Crippen LogP contribution in [0.15, 0.2) is 34.7 Å². The predicted octanol–water partition coefficient (Wildman–Crippen LogP) is 2.34. The van der Waals surface area contributed by atoms with Gasteiger partial charge in [0.2, 0.25) is 5.91 Å². The fraction of sp³-hybridized carbons (Fsp3) is 0.316. The first-order chi connectivity index (χ1) is 12.4. The van der Waals surface area contributed by atoms with Crippen molar-refractivity contribution in [2.45, 2.75) is 32.9 Å². The van der Waals surface area contributed by atoms with Gasteiger partial charge in [-0.1, -0.05) is 12.1 Å². The fourth-order valence-corrected chi connectivity index (χ4v) is 2.97. The van der Waals surface area contributed by atoms with Crippen LogP contribution < -0.4 is 5.32 Å². The lowest BCUT2D eigenvalue weighted by Crippen LogP contribution is -2.24. The van der Waals surface area contributed by atoms with Crippen LogP contribution in [0.1, 0.15) is 50.6 Å². The smallest absolute Gasteiger partial charge is 0.339 e. The lowest BCUT2D eigenvalue weighted by molar-refractivity contribution is -0.128. The van der Waals surface area contributed by atoms with E-state index in [1.807, 2.05) is 17.0 Å². The highest BCUT2D eigenvalue weighted by Gasteiger charge is 2.20. The second kappa shape index (κ2) is 7.43. The number of carboxylic acids is 1. The van der Waals surface area contributed by atoms with Gasteiger partial charge in [0.1, 0.15) is 17.1 Å². The maximum atomic E-state index is 12.2. The topological polar surface area (TPSA) is 99.9 Å². The van der Waals surface area contributed by atoms with Crippen LogP contribution in [0.2, 0.25) is 0 Å². The van der Waals surface area contributed by atoms with Crippen LogP contribution in [0.5, 0.6) is 0 Å². The van der Waals surface area contributed by atoms with Crippen LogP contribution in [0.25, 0.3) is 0 Å². The Morgan fingerprint density at radius 1 is 1.27 bits per heavy atom. The number of amides is 2. The number of carbonyl (C=O) groups is 3. The molecule has 2 amide bonds. The van der Waals surface area contributed by atoms with E-state index in [0.29, 0.717) is 30.0 Å². The second-order valence-corrected chi connectivity index (χ2v) is 6.29. The molecule has 0 aliphatic carbocycles. The molecule has 26 heavy (non-hydrogen) atoms. The van der Waals surface area contributed by atoms with E-state index in [0.717, 1.165) is 18.5 Å². The third kappa shape index (κ3) is 3.93. The number of hydrogen-bond donors (Lipinski definition) is 2. The van der Waals surface area contributed by atoms with E-state index in [9.17, 15) is 14.4 Å². The SMILES string of the molecule is Cc1oc(CNC(=O)c2ccc(CN3CCCC3=O)cc2)cc1C(=O)O. The van der Waals surface area contributed by atoms with Crippen LogP contribution in [0.4, 0.5) is 0 Å². The Labute approximate surface area is 150 Å². The number of nitrogens with zero attached hydrogens (tertiary/aromatic N) is 1. The lowest BCUT2D eigenvalue weighted by Gasteiger charge is -2.15. The molecule has 0 saturated carbocycles. The molecule has 0 atom stereocenters. The van der Waals surface area contributed by atoms with Crippen LogP contribution in [-0.2, 0) is 17.9 Å². The second-order valence-electron chi connectivity index (χ2n) is 6.29. The summed E-state index contributed by atoms with van der Waals surface area (Å²) < 4.78 is 5.33. The standard InChI is InChI=1S/C19H20N2O5/c1-12-16(19(24)25)9-15(26-12)10-20-18(23)14-6-4-13(5-7-14)11-21-8-2-3-17(21)22/h4-7,9H,2-3,8,10-11H2,1H3,(H,20,23)(H,24,25). The van der Waals surface area contributed by atoms with Crippen molar-refractivity contribution in [3.63, 3.8) is 0 Å². The molecule has 1 aromatic heterocycles. The van der Waals surface area contributed by atoms with Gasteiger partial charge in [-0.2, -0.15) is 0 Å². The monoisotopic (exact) mass is 356 g/mol. The van der Waals surface area contributed by atoms with Crippen molar-refractivity contribution in [2.75, 3.05) is 6.54 Å². The minimum Gasteiger partial charge on any atom is -0.478 e. The average molecular weight is 356 g/mol. The molecule has 136 valence electrons. The number of likely N-dealkylation sites (tertiary alicyclic amines) is 1. The molecule has 1 aliphatic rings. The minimum absolute atomic E-state index is 0.0926. The molecule has 0 radical (unpaired) electrons. The molecular formula is C19H20N2O5. The number of hydrogen-bond acceptors (Lipinski definition) is 4. The van der Waals surface area contributed by atoms with Crippen molar-refractivity contribution in [1.29, 1.82) is 0 Å². The van der Waals surface area contributed by atoms with E-state index in [2.05, 4.69) is 5.32 Å². The molecule has 0 bridgehead atoms. The molecule has 2 N–H and O–H groups in total. The van der Waals surface area contributed by atoms with Gasteiger partial charge >= 0.3 is 5.97 Å². The van der Waals surface area contributed by atoms with E-state index in [-0.39, 0.29) is 23.9 Å². The van der Waals surface area contributed by atoms with Crippen molar-refractivity contribution in [1.82, 2.24) is 10.2 Å². The third-order valence-electron chi connectivity index (χ3n) is 4.38. The van der Waals surface area contributed by atoms with Crippen molar-refractivity contribution >= 4 is 17.8 Å². The zero-order valence-electron chi connectivity index (χ0n) is 14.4. The molecule has 0 unspecified atom stereocenters. The fourth-order valence-electron chi connectivity index (χ4n) is 2.97. The Kier molecular flexibility index (Phi) is 5.06. The minimum atomic E-state index is -1.06. The summed E-state index contributed by atoms with van der Waals surface area (Å²) in [5, 5.41) is 11.7. The summed E-state index contributed by atoms with van der Waals surface area (Å²) in [6.07, 6.45) is 1.51. The highest BCUT2D eigenvalue weighted by Crippen LogP contribution is 2.16. The molecular weight excluding hydrogens is 336 g/mol. The number of furan rings is 1. The average Bonchev–Trinajstić information content (AvgIpc) is 3.19. The van der Waals surface area contributed by atoms with Crippen molar-refractivity contribution in [2.24, 2.45) is 0 Å². The molecule has 3 rings (SSSR count). The normalized spacial score (nSPS) is 13.9. The summed E-state index contributed by atoms with van der Waals surface area (Å²) in [6.45, 7) is 3.02. The lowest BCUT2D eigenvalue weighted by atomic mass is 10.1. The van der Waals surface area contributed by atoms with Gasteiger partial charge in [0.25, 0.3) is 5.91 Å². The number of aromatic carboxylic acids is 1. The van der Waals surface area contributed by atoms with Gasteiger partial charge in [-0.3, -0.25) is 9.59 Å². The molecule has 1 fully saturated rings. The van der Waals surface area contributed by atoms with Gasteiger partial charge in [0, 0.05) is 25.1 Å². The Balaban J connectivity index is 1.57. The zero-order valence-corrected chi connectivity index (χ0v) is 14.4. The van der Waals surface area contributed by atoms with Crippen LogP contribution in [0.3, 0.4) is 0 Å². The summed E-state index contributed by atoms with van der Waals surface area (Å²) in [7, 11) is 0. The van der Waals surface area contributed by atoms with Gasteiger partial charge in [-0.25, -0.2) is 4.79 Å². The highest BCUT2D eigenvalue weighted by molar-refractivity contribution is 5.94. The molecule has 2 heterocycles. The maximum absolute atomic E-state index is 12.2. The first-order valence-electron chi connectivity index (χ1n) is 8.41. The maximum Gasteiger partial charge on any atom is 0.339 e. The van der Waals surface area contributed by atoms with Gasteiger partial charge < -0.3 is 19.7 Å². The van der Waals surface area contributed by atoms with E-state index in [1.54, 1.807) is 19.1 Å². The Hall–Kier alpha value is -3.09. The van der Waals surface area contributed by atoms with E-state index < -0.39 is 5.97 Å². The summed E-state index contributed by atoms with van der Waals surface area (Å²) in [6, 6.07) is 8.50. The summed E-state index contributed by atoms with van der Waals surface area (Å²) in [4.78, 5) is 36.7. The zero-order chi connectivity index (χ0) is 18.7. The number of benzene rings is 1. The van der Waals surface area contributed by atoms with Gasteiger partial charge in [-0.05, 0) is 37.1 Å². The van der Waals surface area contributed by atoms with Crippen molar-refractivity contribution in [3.05, 3.63) is 58.5 Å². The number of nitrogens with one attached hydrogen (secondary N) is 1. The Bertz CT molecular complexity index is 838. The van der Waals surface area contributed by atoms with Crippen LogP contribution in [0, 0.1) is 6.92 Å². The number of carboxylic acid groups (broad SMARTS) is 1.